The second-order valence-electron chi connectivity index (χ2n) is 4.14. The Balaban J connectivity index is 2.20. The van der Waals surface area contributed by atoms with Gasteiger partial charge in [-0.15, -0.1) is 0 Å². The predicted molar refractivity (Wildman–Crippen MR) is 73.0 cm³/mol. The third kappa shape index (κ3) is 2.89. The Bertz CT molecular complexity index is 564. The van der Waals surface area contributed by atoms with Crippen LogP contribution in [0.4, 0.5) is 5.69 Å². The molecule has 0 aliphatic rings. The highest BCUT2D eigenvalue weighted by Gasteiger charge is 2.14. The number of rotatable bonds is 3. The number of nitrogens with zero attached hydrogens (tertiary/aromatic N) is 2. The van der Waals surface area contributed by atoms with Crippen LogP contribution in [0.25, 0.3) is 0 Å². The van der Waals surface area contributed by atoms with Crippen LogP contribution in [0.1, 0.15) is 16.1 Å². The van der Waals surface area contributed by atoms with E-state index in [1.807, 2.05) is 0 Å². The highest BCUT2D eigenvalue weighted by molar-refractivity contribution is 6.04. The van der Waals surface area contributed by atoms with Crippen LogP contribution >= 0.6 is 0 Å². The molecule has 1 heterocycles. The monoisotopic (exact) mass is 257 g/mol. The van der Waals surface area contributed by atoms with E-state index in [2.05, 4.69) is 4.98 Å². The van der Waals surface area contributed by atoms with Crippen LogP contribution in [0, 0.1) is 0 Å². The van der Waals surface area contributed by atoms with Gasteiger partial charge < -0.3 is 15.7 Å². The largest absolute Gasteiger partial charge is 0.508 e. The van der Waals surface area contributed by atoms with Gasteiger partial charge in [-0.3, -0.25) is 9.78 Å². The van der Waals surface area contributed by atoms with Crippen LogP contribution in [0.2, 0.25) is 0 Å². The van der Waals surface area contributed by atoms with Crippen LogP contribution in [0.15, 0.2) is 42.6 Å². The first-order chi connectivity index (χ1) is 9.11. The Morgan fingerprint density at radius 3 is 2.47 bits per heavy atom. The van der Waals surface area contributed by atoms with Crippen LogP contribution in [0.3, 0.4) is 0 Å². The number of phenolic OH excluding ortho intramolecular Hbond substituents is 1. The number of pyridine rings is 1. The topological polar surface area (TPSA) is 79.5 Å². The summed E-state index contributed by atoms with van der Waals surface area (Å²) in [6.07, 6.45) is 1.60. The van der Waals surface area contributed by atoms with Crippen molar-refractivity contribution in [3.63, 3.8) is 0 Å². The molecule has 5 heteroatoms. The van der Waals surface area contributed by atoms with E-state index in [0.717, 1.165) is 5.56 Å². The van der Waals surface area contributed by atoms with Crippen molar-refractivity contribution in [3.05, 3.63) is 53.9 Å². The normalized spacial score (nSPS) is 10.2. The summed E-state index contributed by atoms with van der Waals surface area (Å²) in [6.45, 7) is 0.398. The molecule has 0 saturated carbocycles. The number of carbonyl (C=O) groups excluding carboxylic acids is 1. The number of hydrogen-bond acceptors (Lipinski definition) is 4. The van der Waals surface area contributed by atoms with Crippen LogP contribution in [0.5, 0.6) is 5.75 Å². The molecule has 0 bridgehead atoms. The molecule has 0 saturated heterocycles. The zero-order valence-electron chi connectivity index (χ0n) is 10.6. The summed E-state index contributed by atoms with van der Waals surface area (Å²) in [5.41, 5.74) is 7.40. The summed E-state index contributed by atoms with van der Waals surface area (Å²) in [5.74, 6) is -0.0516. The molecule has 19 heavy (non-hydrogen) atoms. The fourth-order valence-corrected chi connectivity index (χ4v) is 1.64. The number of phenols is 1. The molecular weight excluding hydrogens is 242 g/mol. The van der Waals surface area contributed by atoms with Crippen molar-refractivity contribution in [1.82, 2.24) is 4.98 Å². The Morgan fingerprint density at radius 1 is 1.26 bits per heavy atom. The minimum Gasteiger partial charge on any atom is -0.508 e. The lowest BCUT2D eigenvalue weighted by Crippen LogP contribution is -2.27. The van der Waals surface area contributed by atoms with Crippen LogP contribution in [-0.2, 0) is 6.54 Å². The van der Waals surface area contributed by atoms with Crippen molar-refractivity contribution < 1.29 is 9.90 Å². The van der Waals surface area contributed by atoms with Crippen molar-refractivity contribution in [2.24, 2.45) is 5.73 Å². The van der Waals surface area contributed by atoms with E-state index in [4.69, 9.17) is 5.73 Å². The van der Waals surface area contributed by atoms with Gasteiger partial charge in [0.1, 0.15) is 11.4 Å². The molecule has 1 aromatic heterocycles. The first-order valence-corrected chi connectivity index (χ1v) is 5.84. The number of amides is 1. The summed E-state index contributed by atoms with van der Waals surface area (Å²) >= 11 is 0. The maximum atomic E-state index is 12.2. The van der Waals surface area contributed by atoms with E-state index >= 15 is 0 Å². The van der Waals surface area contributed by atoms with E-state index in [1.54, 1.807) is 37.5 Å². The van der Waals surface area contributed by atoms with E-state index in [0.29, 0.717) is 17.9 Å². The lowest BCUT2D eigenvalue weighted by atomic mass is 10.2. The average molecular weight is 257 g/mol. The van der Waals surface area contributed by atoms with E-state index in [1.165, 1.54) is 17.0 Å². The Labute approximate surface area is 111 Å². The predicted octanol–water partition coefficient (Wildman–Crippen LogP) is 1.52. The molecule has 2 aromatic rings. The number of carbonyl (C=O) groups is 1. The summed E-state index contributed by atoms with van der Waals surface area (Å²) in [4.78, 5) is 17.8. The number of aromatic nitrogens is 1. The fraction of sp³-hybridized carbons (Fsp3) is 0.143. The van der Waals surface area contributed by atoms with Gasteiger partial charge in [-0.05, 0) is 35.9 Å². The van der Waals surface area contributed by atoms with Gasteiger partial charge in [0.2, 0.25) is 0 Å². The summed E-state index contributed by atoms with van der Waals surface area (Å²) in [6, 6.07) is 9.84. The third-order valence-electron chi connectivity index (χ3n) is 2.82. The molecule has 0 atom stereocenters. The highest BCUT2D eigenvalue weighted by Crippen LogP contribution is 2.18. The Kier molecular flexibility index (Phi) is 3.77. The number of aromatic hydroxyl groups is 1. The van der Waals surface area contributed by atoms with Crippen molar-refractivity contribution in [1.29, 1.82) is 0 Å². The zero-order valence-corrected chi connectivity index (χ0v) is 10.6. The summed E-state index contributed by atoms with van der Waals surface area (Å²) in [5, 5.41) is 9.22. The van der Waals surface area contributed by atoms with Gasteiger partial charge in [-0.2, -0.15) is 0 Å². The number of nitrogens with two attached hydrogens (primary N) is 1. The smallest absolute Gasteiger partial charge is 0.276 e. The molecule has 0 unspecified atom stereocenters. The van der Waals surface area contributed by atoms with Gasteiger partial charge in [-0.25, -0.2) is 0 Å². The SMILES string of the molecule is CN(C(=O)c1ccc(CN)cn1)c1ccc(O)cc1. The maximum absolute atomic E-state index is 12.2. The molecule has 1 aromatic carbocycles. The first kappa shape index (κ1) is 13.0. The highest BCUT2D eigenvalue weighted by atomic mass is 16.3. The van der Waals surface area contributed by atoms with E-state index in [-0.39, 0.29) is 11.7 Å². The minimum atomic E-state index is -0.214. The van der Waals surface area contributed by atoms with Crippen molar-refractivity contribution in [2.45, 2.75) is 6.54 Å². The van der Waals surface area contributed by atoms with Gasteiger partial charge in [0.15, 0.2) is 0 Å². The standard InChI is InChI=1S/C14H15N3O2/c1-17(11-3-5-12(18)6-4-11)14(19)13-7-2-10(8-15)9-16-13/h2-7,9,18H,8,15H2,1H3. The molecule has 3 N–H and O–H groups in total. The maximum Gasteiger partial charge on any atom is 0.276 e. The number of anilines is 1. The van der Waals surface area contributed by atoms with Gasteiger partial charge >= 0.3 is 0 Å². The van der Waals surface area contributed by atoms with Crippen LogP contribution in [-0.4, -0.2) is 23.0 Å². The molecule has 0 fully saturated rings. The van der Waals surface area contributed by atoms with Crippen LogP contribution < -0.4 is 10.6 Å². The first-order valence-electron chi connectivity index (χ1n) is 5.84. The molecule has 98 valence electrons. The average Bonchev–Trinajstić information content (AvgIpc) is 2.46. The van der Waals surface area contributed by atoms with E-state index in [9.17, 15) is 9.90 Å². The van der Waals surface area contributed by atoms with Gasteiger partial charge in [0.25, 0.3) is 5.91 Å². The Hall–Kier alpha value is -2.40. The van der Waals surface area contributed by atoms with Crippen molar-refractivity contribution in [3.8, 4) is 5.75 Å². The second-order valence-corrected chi connectivity index (χ2v) is 4.14. The van der Waals surface area contributed by atoms with Crippen molar-refractivity contribution >= 4 is 11.6 Å². The third-order valence-corrected chi connectivity index (χ3v) is 2.82. The number of hydrogen-bond donors (Lipinski definition) is 2. The number of benzene rings is 1. The Morgan fingerprint density at radius 2 is 1.95 bits per heavy atom. The fourth-order valence-electron chi connectivity index (χ4n) is 1.64. The van der Waals surface area contributed by atoms with Gasteiger partial charge in [0, 0.05) is 25.5 Å². The molecule has 0 spiro atoms. The molecule has 0 aliphatic heterocycles. The van der Waals surface area contributed by atoms with Gasteiger partial charge in [-0.1, -0.05) is 6.07 Å². The molecule has 0 aliphatic carbocycles. The van der Waals surface area contributed by atoms with E-state index < -0.39 is 0 Å². The molecule has 1 amide bonds. The lowest BCUT2D eigenvalue weighted by Gasteiger charge is -2.16. The summed E-state index contributed by atoms with van der Waals surface area (Å²) < 4.78 is 0. The van der Waals surface area contributed by atoms with Gasteiger partial charge in [0.05, 0.1) is 0 Å². The lowest BCUT2D eigenvalue weighted by molar-refractivity contribution is 0.0988. The quantitative estimate of drug-likeness (QED) is 0.873. The molecule has 2 rings (SSSR count). The molecule has 0 radical (unpaired) electrons. The summed E-state index contributed by atoms with van der Waals surface area (Å²) in [7, 11) is 1.66. The van der Waals surface area contributed by atoms with Crippen molar-refractivity contribution in [2.75, 3.05) is 11.9 Å². The molecule has 5 nitrogen and oxygen atoms in total. The second kappa shape index (κ2) is 5.49. The zero-order chi connectivity index (χ0) is 13.8. The minimum absolute atomic E-state index is 0.162. The molecular formula is C14H15N3O2.